The monoisotopic (exact) mass is 366 g/mol. The summed E-state index contributed by atoms with van der Waals surface area (Å²) >= 11 is 0. The van der Waals surface area contributed by atoms with Crippen molar-refractivity contribution in [3.63, 3.8) is 0 Å². The molecule has 4 heteroatoms. The molecule has 0 aliphatic heterocycles. The smallest absolute Gasteiger partial charge is 0.271 e. The number of nitrogens with one attached hydrogen (secondary N) is 1. The van der Waals surface area contributed by atoms with E-state index in [9.17, 15) is 4.79 Å². The predicted octanol–water partition coefficient (Wildman–Crippen LogP) is 5.05. The highest BCUT2D eigenvalue weighted by Crippen LogP contribution is 2.29. The molecule has 0 fully saturated rings. The van der Waals surface area contributed by atoms with Crippen LogP contribution in [0.3, 0.4) is 0 Å². The van der Waals surface area contributed by atoms with Crippen LogP contribution in [-0.2, 0) is 10.8 Å². The lowest BCUT2D eigenvalue weighted by Gasteiger charge is -2.25. The van der Waals surface area contributed by atoms with E-state index in [1.165, 1.54) is 11.1 Å². The first kappa shape index (κ1) is 20.7. The minimum Gasteiger partial charge on any atom is -0.497 e. The molecular weight excluding hydrogens is 336 g/mol. The van der Waals surface area contributed by atoms with E-state index in [4.69, 9.17) is 4.74 Å². The Morgan fingerprint density at radius 1 is 0.963 bits per heavy atom. The molecule has 0 spiro atoms. The minimum atomic E-state index is -0.270. The Morgan fingerprint density at radius 3 is 2.07 bits per heavy atom. The number of hydrogen-bond acceptors (Lipinski definition) is 3. The molecule has 1 amide bonds. The van der Waals surface area contributed by atoms with Crippen molar-refractivity contribution in [2.75, 3.05) is 7.11 Å². The van der Waals surface area contributed by atoms with Gasteiger partial charge in [0.25, 0.3) is 5.91 Å². The topological polar surface area (TPSA) is 50.7 Å². The lowest BCUT2D eigenvalue weighted by Crippen LogP contribution is -2.18. The molecule has 0 bridgehead atoms. The number of hydrogen-bond donors (Lipinski definition) is 1. The first-order valence-corrected chi connectivity index (χ1v) is 9.14. The van der Waals surface area contributed by atoms with Gasteiger partial charge in [0, 0.05) is 5.56 Å². The zero-order chi connectivity index (χ0) is 20.2. The maximum Gasteiger partial charge on any atom is 0.271 e. The third-order valence-electron chi connectivity index (χ3n) is 4.40. The lowest BCUT2D eigenvalue weighted by atomic mass is 9.80. The second-order valence-electron chi connectivity index (χ2n) is 8.77. The van der Waals surface area contributed by atoms with Crippen LogP contribution in [0.2, 0.25) is 0 Å². The molecule has 2 aromatic rings. The first-order chi connectivity index (χ1) is 12.5. The van der Waals surface area contributed by atoms with Crippen LogP contribution in [0.25, 0.3) is 0 Å². The molecule has 0 aromatic heterocycles. The van der Waals surface area contributed by atoms with E-state index in [0.29, 0.717) is 11.3 Å². The Hall–Kier alpha value is -2.62. The Labute approximate surface area is 162 Å². The summed E-state index contributed by atoms with van der Waals surface area (Å²) in [5.74, 6) is 0.368. The van der Waals surface area contributed by atoms with Gasteiger partial charge >= 0.3 is 0 Å². The van der Waals surface area contributed by atoms with Gasteiger partial charge in [0.1, 0.15) is 5.75 Å². The molecule has 0 saturated carbocycles. The molecule has 0 aliphatic rings. The molecule has 144 valence electrons. The summed E-state index contributed by atoms with van der Waals surface area (Å²) in [6.07, 6.45) is 1.70. The number of carbonyl (C=O) groups excluding carboxylic acids is 1. The van der Waals surface area contributed by atoms with E-state index in [0.717, 1.165) is 5.56 Å². The number of benzene rings is 2. The van der Waals surface area contributed by atoms with Crippen molar-refractivity contribution in [2.24, 2.45) is 5.10 Å². The fourth-order valence-electron chi connectivity index (χ4n) is 2.59. The van der Waals surface area contributed by atoms with Gasteiger partial charge in [0.05, 0.1) is 13.3 Å². The fraction of sp³-hybridized carbons (Fsp3) is 0.391. The van der Waals surface area contributed by atoms with Gasteiger partial charge < -0.3 is 4.74 Å². The normalized spacial score (nSPS) is 12.3. The molecule has 27 heavy (non-hydrogen) atoms. The van der Waals surface area contributed by atoms with E-state index in [2.05, 4.69) is 70.3 Å². The van der Waals surface area contributed by atoms with Gasteiger partial charge in [-0.2, -0.15) is 5.10 Å². The standard InChI is InChI=1S/C23H30N2O2/c1-22(2,3)18-11-16(12-19(14-18)23(4,5)6)15-24-25-21(26)17-9-8-10-20(13-17)27-7/h8-15H,1-7H3,(H,25,26). The van der Waals surface area contributed by atoms with Crippen LogP contribution in [0.4, 0.5) is 0 Å². The third kappa shape index (κ3) is 5.68. The van der Waals surface area contributed by atoms with E-state index < -0.39 is 0 Å². The molecular formula is C23H30N2O2. The second-order valence-corrected chi connectivity index (χ2v) is 8.77. The van der Waals surface area contributed by atoms with Gasteiger partial charge in [-0.05, 0) is 57.9 Å². The van der Waals surface area contributed by atoms with Gasteiger partial charge in [-0.3, -0.25) is 4.79 Å². The van der Waals surface area contributed by atoms with E-state index in [1.807, 2.05) is 0 Å². The molecule has 0 saturated heterocycles. The number of nitrogens with zero attached hydrogens (tertiary/aromatic N) is 1. The highest BCUT2D eigenvalue weighted by atomic mass is 16.5. The van der Waals surface area contributed by atoms with E-state index in [-0.39, 0.29) is 16.7 Å². The molecule has 4 nitrogen and oxygen atoms in total. The molecule has 0 unspecified atom stereocenters. The molecule has 2 rings (SSSR count). The summed E-state index contributed by atoms with van der Waals surface area (Å²) in [6.45, 7) is 13.2. The molecule has 0 aliphatic carbocycles. The average Bonchev–Trinajstić information content (AvgIpc) is 2.60. The van der Waals surface area contributed by atoms with Gasteiger partial charge in [-0.25, -0.2) is 5.43 Å². The Morgan fingerprint density at radius 2 is 1.56 bits per heavy atom. The van der Waals surface area contributed by atoms with Crippen molar-refractivity contribution >= 4 is 12.1 Å². The summed E-state index contributed by atoms with van der Waals surface area (Å²) in [5.41, 5.74) is 6.63. The Bertz CT molecular complexity index is 808. The summed E-state index contributed by atoms with van der Waals surface area (Å²) in [6, 6.07) is 13.5. The van der Waals surface area contributed by atoms with Gasteiger partial charge in [-0.15, -0.1) is 0 Å². The van der Waals surface area contributed by atoms with E-state index in [1.54, 1.807) is 37.6 Å². The van der Waals surface area contributed by atoms with Crippen LogP contribution in [-0.4, -0.2) is 19.2 Å². The van der Waals surface area contributed by atoms with Crippen LogP contribution >= 0.6 is 0 Å². The molecule has 0 radical (unpaired) electrons. The van der Waals surface area contributed by atoms with Crippen LogP contribution < -0.4 is 10.2 Å². The second kappa shape index (κ2) is 7.95. The summed E-state index contributed by atoms with van der Waals surface area (Å²) in [5, 5.41) is 4.15. The van der Waals surface area contributed by atoms with Gasteiger partial charge in [0.15, 0.2) is 0 Å². The van der Waals surface area contributed by atoms with Crippen LogP contribution in [0.5, 0.6) is 5.75 Å². The summed E-state index contributed by atoms with van der Waals surface area (Å²) in [4.78, 5) is 12.3. The minimum absolute atomic E-state index is 0.0354. The SMILES string of the molecule is COc1cccc(C(=O)NN=Cc2cc(C(C)(C)C)cc(C(C)(C)C)c2)c1. The maximum absolute atomic E-state index is 12.3. The maximum atomic E-state index is 12.3. The quantitative estimate of drug-likeness (QED) is 0.608. The third-order valence-corrected chi connectivity index (χ3v) is 4.40. The molecule has 1 N–H and O–H groups in total. The Kier molecular flexibility index (Phi) is 6.09. The number of ether oxygens (including phenoxy) is 1. The highest BCUT2D eigenvalue weighted by Gasteiger charge is 2.20. The zero-order valence-electron chi connectivity index (χ0n) is 17.4. The van der Waals surface area contributed by atoms with Crippen LogP contribution in [0, 0.1) is 0 Å². The number of hydrazone groups is 1. The number of carbonyl (C=O) groups is 1. The summed E-state index contributed by atoms with van der Waals surface area (Å²) < 4.78 is 5.15. The zero-order valence-corrected chi connectivity index (χ0v) is 17.4. The van der Waals surface area contributed by atoms with Crippen molar-refractivity contribution < 1.29 is 9.53 Å². The average molecular weight is 367 g/mol. The van der Waals surface area contributed by atoms with Crippen molar-refractivity contribution in [3.05, 3.63) is 64.7 Å². The molecule has 0 heterocycles. The number of amides is 1. The lowest BCUT2D eigenvalue weighted by molar-refractivity contribution is 0.0955. The van der Waals surface area contributed by atoms with Crippen molar-refractivity contribution in [3.8, 4) is 5.75 Å². The van der Waals surface area contributed by atoms with Gasteiger partial charge in [-0.1, -0.05) is 53.7 Å². The number of methoxy groups -OCH3 is 1. The fourth-order valence-corrected chi connectivity index (χ4v) is 2.59. The van der Waals surface area contributed by atoms with E-state index >= 15 is 0 Å². The first-order valence-electron chi connectivity index (χ1n) is 9.14. The largest absolute Gasteiger partial charge is 0.497 e. The van der Waals surface area contributed by atoms with Crippen molar-refractivity contribution in [2.45, 2.75) is 52.4 Å². The van der Waals surface area contributed by atoms with Crippen molar-refractivity contribution in [1.29, 1.82) is 0 Å². The highest BCUT2D eigenvalue weighted by molar-refractivity contribution is 5.95. The summed E-state index contributed by atoms with van der Waals surface area (Å²) in [7, 11) is 1.57. The number of rotatable bonds is 4. The Balaban J connectivity index is 2.24. The van der Waals surface area contributed by atoms with Crippen LogP contribution in [0.15, 0.2) is 47.6 Å². The van der Waals surface area contributed by atoms with Crippen LogP contribution in [0.1, 0.15) is 68.6 Å². The van der Waals surface area contributed by atoms with Gasteiger partial charge in [0.2, 0.25) is 0 Å². The van der Waals surface area contributed by atoms with Crippen molar-refractivity contribution in [1.82, 2.24) is 5.43 Å². The predicted molar refractivity (Wildman–Crippen MR) is 112 cm³/mol. The molecule has 0 atom stereocenters. The molecule has 2 aromatic carbocycles.